The minimum absolute atomic E-state index is 0.0456. The molecular formula is C17H16FNO5S. The minimum Gasteiger partial charge on any atom is -0.451 e. The molecule has 0 radical (unpaired) electrons. The summed E-state index contributed by atoms with van der Waals surface area (Å²) in [4.78, 5) is 37.2. The maximum absolute atomic E-state index is 14.1. The van der Waals surface area contributed by atoms with E-state index in [1.165, 1.54) is 13.2 Å². The van der Waals surface area contributed by atoms with Crippen LogP contribution in [0.2, 0.25) is 0 Å². The van der Waals surface area contributed by atoms with E-state index in [-0.39, 0.29) is 17.4 Å². The fourth-order valence-corrected chi connectivity index (χ4v) is 3.91. The van der Waals surface area contributed by atoms with Crippen LogP contribution in [0.5, 0.6) is 0 Å². The van der Waals surface area contributed by atoms with Crippen LogP contribution in [-0.2, 0) is 25.7 Å². The maximum atomic E-state index is 14.1. The van der Waals surface area contributed by atoms with Crippen molar-refractivity contribution in [1.29, 1.82) is 0 Å². The van der Waals surface area contributed by atoms with Gasteiger partial charge < -0.3 is 9.47 Å². The van der Waals surface area contributed by atoms with Gasteiger partial charge in [0.15, 0.2) is 6.61 Å². The van der Waals surface area contributed by atoms with Crippen LogP contribution in [0, 0.1) is 5.82 Å². The van der Waals surface area contributed by atoms with Crippen molar-refractivity contribution >= 4 is 39.2 Å². The average molecular weight is 365 g/mol. The highest BCUT2D eigenvalue weighted by molar-refractivity contribution is 7.21. The SMILES string of the molecule is COCc1c(C(=O)OCC(=O)N2CCCC2=O)sc2cccc(F)c12. The highest BCUT2D eigenvalue weighted by atomic mass is 32.1. The number of likely N-dealkylation sites (tertiary alicyclic amines) is 1. The predicted molar refractivity (Wildman–Crippen MR) is 88.7 cm³/mol. The maximum Gasteiger partial charge on any atom is 0.349 e. The van der Waals surface area contributed by atoms with E-state index in [2.05, 4.69) is 0 Å². The van der Waals surface area contributed by atoms with E-state index in [0.29, 0.717) is 35.0 Å². The van der Waals surface area contributed by atoms with Gasteiger partial charge >= 0.3 is 5.97 Å². The zero-order valence-corrected chi connectivity index (χ0v) is 14.4. The van der Waals surface area contributed by atoms with E-state index in [1.54, 1.807) is 12.1 Å². The topological polar surface area (TPSA) is 72.9 Å². The lowest BCUT2D eigenvalue weighted by atomic mass is 10.1. The Hall–Kier alpha value is -2.32. The molecule has 1 aromatic heterocycles. The van der Waals surface area contributed by atoms with Gasteiger partial charge in [-0.05, 0) is 18.6 Å². The Kier molecular flexibility index (Phi) is 5.10. The highest BCUT2D eigenvalue weighted by Crippen LogP contribution is 2.34. The van der Waals surface area contributed by atoms with Gasteiger partial charge in [-0.2, -0.15) is 0 Å². The van der Waals surface area contributed by atoms with Crippen molar-refractivity contribution < 1.29 is 28.2 Å². The van der Waals surface area contributed by atoms with Crippen molar-refractivity contribution in [1.82, 2.24) is 4.90 Å². The summed E-state index contributed by atoms with van der Waals surface area (Å²) in [5.74, 6) is -1.98. The lowest BCUT2D eigenvalue weighted by molar-refractivity contribution is -0.143. The number of fused-ring (bicyclic) bond motifs is 1. The second kappa shape index (κ2) is 7.28. The number of esters is 1. The Morgan fingerprint density at radius 2 is 2.16 bits per heavy atom. The van der Waals surface area contributed by atoms with Crippen molar-refractivity contribution in [3.05, 3.63) is 34.5 Å². The van der Waals surface area contributed by atoms with Gasteiger partial charge in [-0.1, -0.05) is 6.07 Å². The van der Waals surface area contributed by atoms with Crippen molar-refractivity contribution in [3.63, 3.8) is 0 Å². The van der Waals surface area contributed by atoms with Gasteiger partial charge in [0.1, 0.15) is 10.7 Å². The molecule has 1 aromatic carbocycles. The molecule has 2 aromatic rings. The number of amides is 2. The number of hydrogen-bond acceptors (Lipinski definition) is 6. The third-order valence-electron chi connectivity index (χ3n) is 3.94. The summed E-state index contributed by atoms with van der Waals surface area (Å²) in [6, 6.07) is 4.57. The summed E-state index contributed by atoms with van der Waals surface area (Å²) >= 11 is 1.08. The molecule has 1 aliphatic heterocycles. The number of halogens is 1. The quantitative estimate of drug-likeness (QED) is 0.761. The zero-order chi connectivity index (χ0) is 18.0. The first kappa shape index (κ1) is 17.5. The molecule has 0 unspecified atom stereocenters. The van der Waals surface area contributed by atoms with E-state index < -0.39 is 24.3 Å². The monoisotopic (exact) mass is 365 g/mol. The molecule has 8 heteroatoms. The molecule has 2 amide bonds. The van der Waals surface area contributed by atoms with Crippen molar-refractivity contribution in [2.24, 2.45) is 0 Å². The molecule has 0 N–H and O–H groups in total. The van der Waals surface area contributed by atoms with Crippen LogP contribution >= 0.6 is 11.3 Å². The second-order valence-corrected chi connectivity index (χ2v) is 6.63. The van der Waals surface area contributed by atoms with Crippen LogP contribution in [0.1, 0.15) is 28.1 Å². The smallest absolute Gasteiger partial charge is 0.349 e. The van der Waals surface area contributed by atoms with E-state index in [1.807, 2.05) is 0 Å². The van der Waals surface area contributed by atoms with E-state index >= 15 is 0 Å². The highest BCUT2D eigenvalue weighted by Gasteiger charge is 2.28. The first-order valence-corrected chi connectivity index (χ1v) is 8.53. The van der Waals surface area contributed by atoms with Crippen LogP contribution in [0.15, 0.2) is 18.2 Å². The van der Waals surface area contributed by atoms with Gasteiger partial charge in [-0.25, -0.2) is 9.18 Å². The van der Waals surface area contributed by atoms with Crippen LogP contribution in [0.25, 0.3) is 10.1 Å². The lowest BCUT2D eigenvalue weighted by Gasteiger charge is -2.13. The first-order chi connectivity index (χ1) is 12.0. The Balaban J connectivity index is 1.80. The molecule has 0 aliphatic carbocycles. The number of carbonyl (C=O) groups excluding carboxylic acids is 3. The molecule has 0 spiro atoms. The number of imide groups is 1. The molecule has 1 aliphatic rings. The summed E-state index contributed by atoms with van der Waals surface area (Å²) in [5, 5.41) is 0.322. The van der Waals surface area contributed by atoms with E-state index in [4.69, 9.17) is 9.47 Å². The zero-order valence-electron chi connectivity index (χ0n) is 13.5. The molecule has 0 atom stereocenters. The van der Waals surface area contributed by atoms with Crippen LogP contribution in [-0.4, -0.2) is 42.9 Å². The standard InChI is InChI=1S/C17H16FNO5S/c1-23-8-10-15-11(18)4-2-5-12(15)25-16(10)17(22)24-9-14(21)19-7-3-6-13(19)20/h2,4-5H,3,6-9H2,1H3. The number of benzene rings is 1. The van der Waals surface area contributed by atoms with Crippen molar-refractivity contribution in [2.45, 2.75) is 19.4 Å². The number of methoxy groups -OCH3 is 1. The van der Waals surface area contributed by atoms with Gasteiger partial charge in [0, 0.05) is 35.7 Å². The fourth-order valence-electron chi connectivity index (χ4n) is 2.80. The average Bonchev–Trinajstić information content (AvgIpc) is 3.17. The molecule has 6 nitrogen and oxygen atoms in total. The van der Waals surface area contributed by atoms with E-state index in [9.17, 15) is 18.8 Å². The number of rotatable bonds is 5. The Morgan fingerprint density at radius 3 is 2.84 bits per heavy atom. The second-order valence-electron chi connectivity index (χ2n) is 5.57. The molecule has 0 saturated carbocycles. The molecule has 3 rings (SSSR count). The molecule has 1 fully saturated rings. The summed E-state index contributed by atoms with van der Waals surface area (Å²) < 4.78 is 24.8. The molecule has 1 saturated heterocycles. The summed E-state index contributed by atoms with van der Waals surface area (Å²) in [6.45, 7) is -0.129. The van der Waals surface area contributed by atoms with Gasteiger partial charge in [0.25, 0.3) is 5.91 Å². The van der Waals surface area contributed by atoms with Gasteiger partial charge in [0.05, 0.1) is 6.61 Å². The number of thiophene rings is 1. The van der Waals surface area contributed by atoms with Gasteiger partial charge in [-0.3, -0.25) is 14.5 Å². The third kappa shape index (κ3) is 3.40. The number of nitrogens with zero attached hydrogens (tertiary/aromatic N) is 1. The van der Waals surface area contributed by atoms with Crippen molar-refractivity contribution in [2.75, 3.05) is 20.3 Å². The normalized spacial score (nSPS) is 14.3. The molecule has 132 valence electrons. The van der Waals surface area contributed by atoms with Crippen LogP contribution < -0.4 is 0 Å². The number of ether oxygens (including phenoxy) is 2. The number of carbonyl (C=O) groups is 3. The summed E-state index contributed by atoms with van der Waals surface area (Å²) in [6.07, 6.45) is 0.944. The van der Waals surface area contributed by atoms with Gasteiger partial charge in [0.2, 0.25) is 5.91 Å². The molecular weight excluding hydrogens is 349 g/mol. The third-order valence-corrected chi connectivity index (χ3v) is 5.12. The summed E-state index contributed by atoms with van der Waals surface area (Å²) in [7, 11) is 1.45. The largest absolute Gasteiger partial charge is 0.451 e. The lowest BCUT2D eigenvalue weighted by Crippen LogP contribution is -2.35. The first-order valence-electron chi connectivity index (χ1n) is 7.72. The molecule has 2 heterocycles. The van der Waals surface area contributed by atoms with Crippen LogP contribution in [0.3, 0.4) is 0 Å². The molecule has 25 heavy (non-hydrogen) atoms. The van der Waals surface area contributed by atoms with Crippen molar-refractivity contribution in [3.8, 4) is 0 Å². The molecule has 0 bridgehead atoms. The predicted octanol–water partition coefficient (Wildman–Crippen LogP) is 2.49. The Morgan fingerprint density at radius 1 is 1.36 bits per heavy atom. The van der Waals surface area contributed by atoms with Crippen LogP contribution in [0.4, 0.5) is 4.39 Å². The summed E-state index contributed by atoms with van der Waals surface area (Å²) in [5.41, 5.74) is 0.398. The Bertz CT molecular complexity index is 847. The Labute approximate surface area is 147 Å². The van der Waals surface area contributed by atoms with E-state index in [0.717, 1.165) is 16.2 Å². The fraction of sp³-hybridized carbons (Fsp3) is 0.353. The van der Waals surface area contributed by atoms with Gasteiger partial charge in [-0.15, -0.1) is 11.3 Å². The number of hydrogen-bond donors (Lipinski definition) is 0. The minimum atomic E-state index is -0.729.